The highest BCUT2D eigenvalue weighted by Crippen LogP contribution is 2.29. The fourth-order valence-electron chi connectivity index (χ4n) is 3.66. The van der Waals surface area contributed by atoms with E-state index in [2.05, 4.69) is 6.58 Å². The summed E-state index contributed by atoms with van der Waals surface area (Å²) in [5.74, 6) is 0.969. The number of carbonyl (C=O) groups excluding carboxylic acids is 2. The van der Waals surface area contributed by atoms with Gasteiger partial charge in [0.25, 0.3) is 5.91 Å². The van der Waals surface area contributed by atoms with Crippen LogP contribution in [0.15, 0.2) is 30.9 Å². The largest absolute Gasteiger partial charge is 0.493 e. The van der Waals surface area contributed by atoms with Gasteiger partial charge >= 0.3 is 0 Å². The van der Waals surface area contributed by atoms with Crippen LogP contribution < -0.4 is 9.47 Å². The maximum absolute atomic E-state index is 13.0. The van der Waals surface area contributed by atoms with Gasteiger partial charge in [-0.3, -0.25) is 9.59 Å². The molecule has 0 aliphatic carbocycles. The lowest BCUT2D eigenvalue weighted by Gasteiger charge is -2.36. The molecule has 2 fully saturated rings. The molecule has 7 heteroatoms. The molecule has 2 aliphatic heterocycles. The molecule has 1 aromatic rings. The van der Waals surface area contributed by atoms with Crippen LogP contribution in [0.3, 0.4) is 0 Å². The monoisotopic (exact) mass is 388 g/mol. The van der Waals surface area contributed by atoms with Crippen LogP contribution in [0.25, 0.3) is 0 Å². The van der Waals surface area contributed by atoms with Crippen LogP contribution in [0.4, 0.5) is 0 Å². The lowest BCUT2D eigenvalue weighted by Crippen LogP contribution is -2.49. The van der Waals surface area contributed by atoms with Crippen LogP contribution >= 0.6 is 0 Å². The van der Waals surface area contributed by atoms with Crippen molar-refractivity contribution >= 4 is 11.8 Å². The number of piperidine rings is 1. The molecule has 1 atom stereocenters. The van der Waals surface area contributed by atoms with Crippen molar-refractivity contribution in [1.82, 2.24) is 9.80 Å². The number of ether oxygens (including phenoxy) is 3. The zero-order chi connectivity index (χ0) is 19.9. The van der Waals surface area contributed by atoms with E-state index in [-0.39, 0.29) is 17.7 Å². The van der Waals surface area contributed by atoms with E-state index in [1.165, 1.54) is 0 Å². The fraction of sp³-hybridized carbons (Fsp3) is 0.524. The van der Waals surface area contributed by atoms with Crippen molar-refractivity contribution in [1.29, 1.82) is 0 Å². The number of hydrogen-bond acceptors (Lipinski definition) is 5. The molecule has 2 saturated heterocycles. The van der Waals surface area contributed by atoms with Gasteiger partial charge in [-0.2, -0.15) is 0 Å². The molecule has 152 valence electrons. The third-order valence-corrected chi connectivity index (χ3v) is 5.15. The lowest BCUT2D eigenvalue weighted by molar-refractivity contribution is -0.141. The molecule has 28 heavy (non-hydrogen) atoms. The van der Waals surface area contributed by atoms with Gasteiger partial charge in [0.1, 0.15) is 6.61 Å². The van der Waals surface area contributed by atoms with Crippen LogP contribution in [0, 0.1) is 5.92 Å². The van der Waals surface area contributed by atoms with Crippen molar-refractivity contribution in [2.45, 2.75) is 12.8 Å². The summed E-state index contributed by atoms with van der Waals surface area (Å²) in [6, 6.07) is 5.15. The van der Waals surface area contributed by atoms with Gasteiger partial charge in [-0.05, 0) is 31.0 Å². The van der Waals surface area contributed by atoms with Crippen LogP contribution in [-0.4, -0.2) is 74.7 Å². The SMILES string of the molecule is C=CCOc1ccc(C(=O)N2CCCC(C(=O)N3CCOCC3)C2)cc1OC. The van der Waals surface area contributed by atoms with Crippen LogP contribution in [0.2, 0.25) is 0 Å². The molecule has 2 amide bonds. The second kappa shape index (κ2) is 9.59. The van der Waals surface area contributed by atoms with E-state index in [9.17, 15) is 9.59 Å². The molecule has 0 spiro atoms. The minimum atomic E-state index is -0.145. The first-order chi connectivity index (χ1) is 13.6. The lowest BCUT2D eigenvalue weighted by atomic mass is 9.95. The third kappa shape index (κ3) is 4.65. The van der Waals surface area contributed by atoms with Gasteiger partial charge in [0.15, 0.2) is 11.5 Å². The highest BCUT2D eigenvalue weighted by atomic mass is 16.5. The Morgan fingerprint density at radius 3 is 2.71 bits per heavy atom. The van der Waals surface area contributed by atoms with Crippen molar-refractivity contribution in [3.63, 3.8) is 0 Å². The standard InChI is InChI=1S/C21H28N2O5/c1-3-11-28-18-7-6-16(14-19(18)26-2)20(24)23-8-4-5-17(15-23)21(25)22-9-12-27-13-10-22/h3,6-7,14,17H,1,4-5,8-13,15H2,2H3. The molecule has 0 saturated carbocycles. The van der Waals surface area contributed by atoms with E-state index in [1.54, 1.807) is 36.3 Å². The molecule has 1 aromatic carbocycles. The average molecular weight is 388 g/mol. The Kier molecular flexibility index (Phi) is 6.92. The number of nitrogens with zero attached hydrogens (tertiary/aromatic N) is 2. The van der Waals surface area contributed by atoms with Gasteiger partial charge in [-0.1, -0.05) is 12.7 Å². The van der Waals surface area contributed by atoms with Gasteiger partial charge in [-0.15, -0.1) is 0 Å². The van der Waals surface area contributed by atoms with E-state index in [0.717, 1.165) is 12.8 Å². The third-order valence-electron chi connectivity index (χ3n) is 5.15. The molecule has 7 nitrogen and oxygen atoms in total. The van der Waals surface area contributed by atoms with E-state index in [0.29, 0.717) is 63.1 Å². The summed E-state index contributed by atoms with van der Waals surface area (Å²) in [6.07, 6.45) is 3.29. The Bertz CT molecular complexity index is 715. The van der Waals surface area contributed by atoms with E-state index < -0.39 is 0 Å². The second-order valence-electron chi connectivity index (χ2n) is 6.99. The Balaban J connectivity index is 1.67. The maximum atomic E-state index is 13.0. The maximum Gasteiger partial charge on any atom is 0.254 e. The van der Waals surface area contributed by atoms with Crippen molar-refractivity contribution < 1.29 is 23.8 Å². The van der Waals surface area contributed by atoms with Crippen LogP contribution in [0.1, 0.15) is 23.2 Å². The molecule has 0 N–H and O–H groups in total. The number of methoxy groups -OCH3 is 1. The number of amides is 2. The summed E-state index contributed by atoms with van der Waals surface area (Å²) in [5, 5.41) is 0. The zero-order valence-electron chi connectivity index (χ0n) is 16.4. The summed E-state index contributed by atoms with van der Waals surface area (Å²) in [4.78, 5) is 29.4. The quantitative estimate of drug-likeness (QED) is 0.697. The van der Waals surface area contributed by atoms with Gasteiger partial charge < -0.3 is 24.0 Å². The van der Waals surface area contributed by atoms with Gasteiger partial charge in [0, 0.05) is 31.7 Å². The molecule has 0 aromatic heterocycles. The molecule has 1 unspecified atom stereocenters. The van der Waals surface area contributed by atoms with Gasteiger partial charge in [-0.25, -0.2) is 0 Å². The predicted octanol–water partition coefficient (Wildman–Crippen LogP) is 1.97. The molecule has 2 heterocycles. The summed E-state index contributed by atoms with van der Waals surface area (Å²) in [6.45, 7) is 7.53. The summed E-state index contributed by atoms with van der Waals surface area (Å²) < 4.78 is 16.2. The number of rotatable bonds is 6. The molecule has 0 radical (unpaired) electrons. The summed E-state index contributed by atoms with van der Waals surface area (Å²) in [5.41, 5.74) is 0.530. The highest BCUT2D eigenvalue weighted by molar-refractivity contribution is 5.95. The average Bonchev–Trinajstić information content (AvgIpc) is 2.77. The van der Waals surface area contributed by atoms with Crippen molar-refractivity contribution in [3.05, 3.63) is 36.4 Å². The zero-order valence-corrected chi connectivity index (χ0v) is 16.4. The predicted molar refractivity (Wildman–Crippen MR) is 105 cm³/mol. The number of benzene rings is 1. The summed E-state index contributed by atoms with van der Waals surface area (Å²) >= 11 is 0. The second-order valence-corrected chi connectivity index (χ2v) is 6.99. The Hall–Kier alpha value is -2.54. The first kappa shape index (κ1) is 20.2. The first-order valence-electron chi connectivity index (χ1n) is 9.71. The number of carbonyl (C=O) groups is 2. The summed E-state index contributed by atoms with van der Waals surface area (Å²) in [7, 11) is 1.54. The molecular formula is C21H28N2O5. The van der Waals surface area contributed by atoms with Gasteiger partial charge in [0.05, 0.1) is 26.2 Å². The smallest absolute Gasteiger partial charge is 0.254 e. The minimum absolute atomic E-state index is 0.0898. The minimum Gasteiger partial charge on any atom is -0.493 e. The molecular weight excluding hydrogens is 360 g/mol. The fourth-order valence-corrected chi connectivity index (χ4v) is 3.66. The first-order valence-corrected chi connectivity index (χ1v) is 9.71. The Morgan fingerprint density at radius 1 is 1.21 bits per heavy atom. The van der Waals surface area contributed by atoms with Crippen LogP contribution in [-0.2, 0) is 9.53 Å². The Morgan fingerprint density at radius 2 is 2.00 bits per heavy atom. The van der Waals surface area contributed by atoms with E-state index >= 15 is 0 Å². The number of likely N-dealkylation sites (tertiary alicyclic amines) is 1. The van der Waals surface area contributed by atoms with Crippen molar-refractivity contribution in [3.8, 4) is 11.5 Å². The molecule has 2 aliphatic rings. The van der Waals surface area contributed by atoms with Gasteiger partial charge in [0.2, 0.25) is 5.91 Å². The van der Waals surface area contributed by atoms with Crippen LogP contribution in [0.5, 0.6) is 11.5 Å². The number of hydrogen-bond donors (Lipinski definition) is 0. The molecule has 3 rings (SSSR count). The van der Waals surface area contributed by atoms with Crippen molar-refractivity contribution in [2.75, 3.05) is 53.1 Å². The van der Waals surface area contributed by atoms with E-state index in [4.69, 9.17) is 14.2 Å². The Labute approximate surface area is 165 Å². The van der Waals surface area contributed by atoms with E-state index in [1.807, 2.05) is 4.90 Å². The molecule has 0 bridgehead atoms. The van der Waals surface area contributed by atoms with Crippen molar-refractivity contribution in [2.24, 2.45) is 5.92 Å². The number of morpholine rings is 1. The topological polar surface area (TPSA) is 68.3 Å². The normalized spacial score (nSPS) is 19.8. The highest BCUT2D eigenvalue weighted by Gasteiger charge is 2.32.